The van der Waals surface area contributed by atoms with E-state index in [1.807, 2.05) is 41.3 Å². The maximum Gasteiger partial charge on any atom is 0.226 e. The van der Waals surface area contributed by atoms with Crippen LogP contribution in [0.2, 0.25) is 0 Å². The molecule has 116 valence electrons. The fourth-order valence-electron chi connectivity index (χ4n) is 2.88. The molecule has 0 saturated carbocycles. The van der Waals surface area contributed by atoms with Crippen LogP contribution in [0.5, 0.6) is 5.75 Å². The average Bonchev–Trinajstić information content (AvgIpc) is 3.10. The lowest BCUT2D eigenvalue weighted by molar-refractivity contribution is -0.132. The number of carbonyl (C=O) groups is 1. The average molecular weight is 299 g/mol. The highest BCUT2D eigenvalue weighted by atomic mass is 16.5. The third-order valence-corrected chi connectivity index (χ3v) is 4.06. The Morgan fingerprint density at radius 1 is 1.32 bits per heavy atom. The second-order valence-electron chi connectivity index (χ2n) is 5.60. The predicted octanol–water partition coefficient (Wildman–Crippen LogP) is 2.58. The van der Waals surface area contributed by atoms with Crippen LogP contribution in [-0.2, 0) is 4.79 Å². The fraction of sp³-hybridized carbons (Fsp3) is 0.412. The molecule has 1 N–H and O–H groups in total. The summed E-state index contributed by atoms with van der Waals surface area (Å²) in [5.74, 6) is 1.35. The molecule has 1 saturated heterocycles. The van der Waals surface area contributed by atoms with Gasteiger partial charge in [-0.05, 0) is 31.0 Å². The standard InChI is InChI=1S/C17H21N3O2/c21-17(9-12-22-15-6-2-1-3-7-15)20-11-4-5-14(13-20)16-8-10-18-19-16/h1-3,6-8,10,14H,4-5,9,11-13H2,(H,18,19)/t14-/m1/s1. The van der Waals surface area contributed by atoms with Gasteiger partial charge in [0.2, 0.25) is 5.91 Å². The molecule has 0 bridgehead atoms. The number of ether oxygens (including phenoxy) is 1. The van der Waals surface area contributed by atoms with Crippen LogP contribution in [0.25, 0.3) is 0 Å². The van der Waals surface area contributed by atoms with Crippen LogP contribution in [0, 0.1) is 0 Å². The summed E-state index contributed by atoms with van der Waals surface area (Å²) in [6.07, 6.45) is 4.33. The van der Waals surface area contributed by atoms with Gasteiger partial charge in [0.1, 0.15) is 5.75 Å². The van der Waals surface area contributed by atoms with Gasteiger partial charge in [-0.3, -0.25) is 9.89 Å². The number of para-hydroxylation sites is 1. The van der Waals surface area contributed by atoms with Gasteiger partial charge in [-0.2, -0.15) is 5.10 Å². The topological polar surface area (TPSA) is 58.2 Å². The fourth-order valence-corrected chi connectivity index (χ4v) is 2.88. The van der Waals surface area contributed by atoms with Crippen LogP contribution in [0.3, 0.4) is 0 Å². The molecule has 1 aromatic carbocycles. The van der Waals surface area contributed by atoms with Crippen molar-refractivity contribution >= 4 is 5.91 Å². The molecule has 1 fully saturated rings. The number of carbonyl (C=O) groups excluding carboxylic acids is 1. The van der Waals surface area contributed by atoms with Gasteiger partial charge in [-0.15, -0.1) is 0 Å². The molecule has 1 atom stereocenters. The second kappa shape index (κ2) is 7.11. The molecule has 1 amide bonds. The van der Waals surface area contributed by atoms with E-state index in [0.29, 0.717) is 18.9 Å². The molecule has 5 nitrogen and oxygen atoms in total. The number of amides is 1. The lowest BCUT2D eigenvalue weighted by Gasteiger charge is -2.32. The Bertz CT molecular complexity index is 583. The minimum absolute atomic E-state index is 0.167. The first-order chi connectivity index (χ1) is 10.8. The van der Waals surface area contributed by atoms with Crippen LogP contribution in [0.15, 0.2) is 42.6 Å². The zero-order valence-corrected chi connectivity index (χ0v) is 12.6. The van der Waals surface area contributed by atoms with Crippen molar-refractivity contribution in [2.24, 2.45) is 0 Å². The molecule has 2 heterocycles. The van der Waals surface area contributed by atoms with Crippen LogP contribution < -0.4 is 4.74 Å². The van der Waals surface area contributed by atoms with Crippen molar-refractivity contribution in [1.29, 1.82) is 0 Å². The van der Waals surface area contributed by atoms with Crippen molar-refractivity contribution in [2.45, 2.75) is 25.2 Å². The number of nitrogens with one attached hydrogen (secondary N) is 1. The number of aromatic nitrogens is 2. The lowest BCUT2D eigenvalue weighted by Crippen LogP contribution is -2.39. The third-order valence-electron chi connectivity index (χ3n) is 4.06. The van der Waals surface area contributed by atoms with E-state index in [-0.39, 0.29) is 5.91 Å². The number of likely N-dealkylation sites (tertiary alicyclic amines) is 1. The molecule has 1 aliphatic rings. The number of nitrogens with zero attached hydrogens (tertiary/aromatic N) is 2. The minimum Gasteiger partial charge on any atom is -0.493 e. The Morgan fingerprint density at radius 3 is 2.95 bits per heavy atom. The third kappa shape index (κ3) is 3.67. The van der Waals surface area contributed by atoms with E-state index in [1.54, 1.807) is 6.20 Å². The van der Waals surface area contributed by atoms with Crippen LogP contribution >= 0.6 is 0 Å². The van der Waals surface area contributed by atoms with Crippen molar-refractivity contribution in [1.82, 2.24) is 15.1 Å². The van der Waals surface area contributed by atoms with E-state index in [2.05, 4.69) is 10.2 Å². The van der Waals surface area contributed by atoms with E-state index in [1.165, 1.54) is 0 Å². The van der Waals surface area contributed by atoms with Gasteiger partial charge in [0, 0.05) is 30.9 Å². The van der Waals surface area contributed by atoms with E-state index in [0.717, 1.165) is 37.4 Å². The summed E-state index contributed by atoms with van der Waals surface area (Å²) in [6, 6.07) is 11.6. The SMILES string of the molecule is O=C(CCOc1ccccc1)N1CCC[C@@H](c2ccn[nH]2)C1. The summed E-state index contributed by atoms with van der Waals surface area (Å²) >= 11 is 0. The Morgan fingerprint density at radius 2 is 2.18 bits per heavy atom. The maximum atomic E-state index is 12.3. The summed E-state index contributed by atoms with van der Waals surface area (Å²) < 4.78 is 5.60. The molecule has 2 aromatic rings. The van der Waals surface area contributed by atoms with Crippen LogP contribution in [0.1, 0.15) is 30.9 Å². The predicted molar refractivity (Wildman–Crippen MR) is 83.7 cm³/mol. The number of aromatic amines is 1. The second-order valence-corrected chi connectivity index (χ2v) is 5.60. The van der Waals surface area contributed by atoms with E-state index in [9.17, 15) is 4.79 Å². The first-order valence-corrected chi connectivity index (χ1v) is 7.78. The Balaban J connectivity index is 1.47. The van der Waals surface area contributed by atoms with E-state index < -0.39 is 0 Å². The zero-order chi connectivity index (χ0) is 15.2. The van der Waals surface area contributed by atoms with Crippen LogP contribution in [-0.4, -0.2) is 40.7 Å². The first kappa shape index (κ1) is 14.6. The van der Waals surface area contributed by atoms with Gasteiger partial charge >= 0.3 is 0 Å². The Labute approximate surface area is 130 Å². The summed E-state index contributed by atoms with van der Waals surface area (Å²) in [5.41, 5.74) is 1.12. The molecule has 22 heavy (non-hydrogen) atoms. The summed E-state index contributed by atoms with van der Waals surface area (Å²) in [6.45, 7) is 2.04. The summed E-state index contributed by atoms with van der Waals surface area (Å²) in [5, 5.41) is 7.02. The zero-order valence-electron chi connectivity index (χ0n) is 12.6. The molecule has 1 aromatic heterocycles. The van der Waals surface area contributed by atoms with Gasteiger partial charge in [0.15, 0.2) is 0 Å². The first-order valence-electron chi connectivity index (χ1n) is 7.78. The van der Waals surface area contributed by atoms with Gasteiger partial charge in [-0.25, -0.2) is 0 Å². The van der Waals surface area contributed by atoms with Crippen molar-refractivity contribution in [3.63, 3.8) is 0 Å². The molecule has 3 rings (SSSR count). The van der Waals surface area contributed by atoms with Gasteiger partial charge < -0.3 is 9.64 Å². The maximum absolute atomic E-state index is 12.3. The number of rotatable bonds is 5. The molecular formula is C17H21N3O2. The monoisotopic (exact) mass is 299 g/mol. The van der Waals surface area contributed by atoms with Gasteiger partial charge in [-0.1, -0.05) is 18.2 Å². The van der Waals surface area contributed by atoms with E-state index >= 15 is 0 Å². The smallest absolute Gasteiger partial charge is 0.226 e. The summed E-state index contributed by atoms with van der Waals surface area (Å²) in [7, 11) is 0. The number of hydrogen-bond donors (Lipinski definition) is 1. The minimum atomic E-state index is 0.167. The number of piperidine rings is 1. The highest BCUT2D eigenvalue weighted by molar-refractivity contribution is 5.76. The van der Waals surface area contributed by atoms with Gasteiger partial charge in [0.05, 0.1) is 13.0 Å². The molecular weight excluding hydrogens is 278 g/mol. The van der Waals surface area contributed by atoms with Gasteiger partial charge in [0.25, 0.3) is 0 Å². The van der Waals surface area contributed by atoms with Crippen molar-refractivity contribution in [2.75, 3.05) is 19.7 Å². The van der Waals surface area contributed by atoms with Crippen molar-refractivity contribution in [3.8, 4) is 5.75 Å². The molecule has 0 spiro atoms. The lowest BCUT2D eigenvalue weighted by atomic mass is 9.95. The number of benzene rings is 1. The number of hydrogen-bond acceptors (Lipinski definition) is 3. The quantitative estimate of drug-likeness (QED) is 0.923. The van der Waals surface area contributed by atoms with Crippen molar-refractivity contribution in [3.05, 3.63) is 48.3 Å². The molecule has 0 radical (unpaired) electrons. The highest BCUT2D eigenvalue weighted by Crippen LogP contribution is 2.25. The molecule has 1 aliphatic heterocycles. The van der Waals surface area contributed by atoms with Crippen molar-refractivity contribution < 1.29 is 9.53 Å². The highest BCUT2D eigenvalue weighted by Gasteiger charge is 2.25. The van der Waals surface area contributed by atoms with Crippen LogP contribution in [0.4, 0.5) is 0 Å². The number of H-pyrrole nitrogens is 1. The Hall–Kier alpha value is -2.30. The molecule has 5 heteroatoms. The summed E-state index contributed by atoms with van der Waals surface area (Å²) in [4.78, 5) is 14.3. The molecule has 0 unspecified atom stereocenters. The van der Waals surface area contributed by atoms with E-state index in [4.69, 9.17) is 4.74 Å². The normalized spacial score (nSPS) is 18.2. The molecule has 0 aliphatic carbocycles. The largest absolute Gasteiger partial charge is 0.493 e. The Kier molecular flexibility index (Phi) is 4.73.